The molecule has 0 spiro atoms. The van der Waals surface area contributed by atoms with E-state index in [1.807, 2.05) is 36.4 Å². The molecule has 5 nitrogen and oxygen atoms in total. The molecule has 1 N–H and O–H groups in total. The van der Waals surface area contributed by atoms with Crippen LogP contribution in [0.25, 0.3) is 0 Å². The summed E-state index contributed by atoms with van der Waals surface area (Å²) in [5.74, 6) is 0.227. The molecule has 1 heterocycles. The molecule has 24 heavy (non-hydrogen) atoms. The molecular weight excluding hydrogens is 370 g/mol. The Morgan fingerprint density at radius 3 is 2.58 bits per heavy atom. The van der Waals surface area contributed by atoms with Gasteiger partial charge in [-0.15, -0.1) is 0 Å². The lowest BCUT2D eigenvalue weighted by atomic mass is 10.2. The normalized spacial score (nSPS) is 10.2. The number of rotatable bonds is 5. The summed E-state index contributed by atoms with van der Waals surface area (Å²) in [4.78, 5) is 20.3. The Balaban J connectivity index is 1.79. The van der Waals surface area contributed by atoms with Crippen LogP contribution in [0.3, 0.4) is 0 Å². The summed E-state index contributed by atoms with van der Waals surface area (Å²) >= 11 is 3.39. The Labute approximate surface area is 147 Å². The molecule has 0 fully saturated rings. The highest BCUT2D eigenvalue weighted by atomic mass is 79.9. The Hall–Kier alpha value is -2.73. The van der Waals surface area contributed by atoms with Crippen LogP contribution in [0.1, 0.15) is 15.9 Å². The number of carbonyl (C=O) groups excluding carboxylic acids is 1. The van der Waals surface area contributed by atoms with Crippen molar-refractivity contribution in [1.82, 2.24) is 9.97 Å². The molecule has 0 radical (unpaired) electrons. The first-order chi connectivity index (χ1) is 11.7. The first-order valence-corrected chi connectivity index (χ1v) is 8.04. The van der Waals surface area contributed by atoms with E-state index in [0.29, 0.717) is 23.6 Å². The van der Waals surface area contributed by atoms with Crippen molar-refractivity contribution < 1.29 is 9.53 Å². The number of ether oxygens (including phenoxy) is 1. The number of aromatic nitrogens is 2. The highest BCUT2D eigenvalue weighted by molar-refractivity contribution is 9.10. The number of amides is 1. The number of nitrogens with one attached hydrogen (secondary N) is 1. The summed E-state index contributed by atoms with van der Waals surface area (Å²) < 4.78 is 6.62. The first-order valence-electron chi connectivity index (χ1n) is 7.25. The van der Waals surface area contributed by atoms with Crippen LogP contribution in [0.4, 0.5) is 5.69 Å². The molecule has 120 valence electrons. The second-order valence-electron chi connectivity index (χ2n) is 5.00. The number of hydrogen-bond donors (Lipinski definition) is 1. The molecule has 1 aromatic heterocycles. The van der Waals surface area contributed by atoms with Gasteiger partial charge in [0.05, 0.1) is 23.6 Å². The number of nitrogens with zero attached hydrogens (tertiary/aromatic N) is 2. The third-order valence-electron chi connectivity index (χ3n) is 3.24. The zero-order valence-electron chi connectivity index (χ0n) is 12.6. The smallest absolute Gasteiger partial charge is 0.259 e. The number of halogens is 1. The third-order valence-corrected chi connectivity index (χ3v) is 3.74. The van der Waals surface area contributed by atoms with Gasteiger partial charge < -0.3 is 10.1 Å². The minimum Gasteiger partial charge on any atom is -0.488 e. The van der Waals surface area contributed by atoms with Crippen LogP contribution >= 0.6 is 15.9 Å². The maximum Gasteiger partial charge on any atom is 0.259 e. The zero-order chi connectivity index (χ0) is 16.8. The van der Waals surface area contributed by atoms with Gasteiger partial charge in [0.1, 0.15) is 18.7 Å². The van der Waals surface area contributed by atoms with E-state index >= 15 is 0 Å². The standard InChI is InChI=1S/C18H14BrN3O2/c19-14-6-7-17(24-11-13-4-2-1-3-5-13)16(8-14)18(23)22-15-9-20-12-21-10-15/h1-10,12H,11H2,(H,22,23). The van der Waals surface area contributed by atoms with Gasteiger partial charge in [0.15, 0.2) is 0 Å². The van der Waals surface area contributed by atoms with Crippen molar-refractivity contribution in [2.24, 2.45) is 0 Å². The number of benzene rings is 2. The molecule has 0 aliphatic carbocycles. The van der Waals surface area contributed by atoms with Gasteiger partial charge in [-0.3, -0.25) is 4.79 Å². The quantitative estimate of drug-likeness (QED) is 0.720. The summed E-state index contributed by atoms with van der Waals surface area (Å²) in [5, 5.41) is 2.76. The Bertz CT molecular complexity index is 826. The molecule has 1 amide bonds. The van der Waals surface area contributed by atoms with E-state index in [9.17, 15) is 4.79 Å². The van der Waals surface area contributed by atoms with Crippen molar-refractivity contribution in [3.8, 4) is 5.75 Å². The van der Waals surface area contributed by atoms with E-state index in [0.717, 1.165) is 10.0 Å². The predicted molar refractivity (Wildman–Crippen MR) is 94.9 cm³/mol. The summed E-state index contributed by atoms with van der Waals surface area (Å²) in [6.07, 6.45) is 4.48. The maximum absolute atomic E-state index is 12.5. The second kappa shape index (κ2) is 7.70. The van der Waals surface area contributed by atoms with Gasteiger partial charge in [-0.2, -0.15) is 0 Å². The fourth-order valence-electron chi connectivity index (χ4n) is 2.10. The molecule has 3 rings (SSSR count). The van der Waals surface area contributed by atoms with E-state index in [1.165, 1.54) is 18.7 Å². The molecule has 0 aliphatic heterocycles. The minimum atomic E-state index is -0.283. The van der Waals surface area contributed by atoms with Crippen molar-refractivity contribution in [3.63, 3.8) is 0 Å². The molecule has 3 aromatic rings. The number of anilines is 1. The number of carbonyl (C=O) groups is 1. The van der Waals surface area contributed by atoms with Crippen molar-refractivity contribution in [2.45, 2.75) is 6.61 Å². The van der Waals surface area contributed by atoms with E-state index in [4.69, 9.17) is 4.74 Å². The molecule has 0 bridgehead atoms. The summed E-state index contributed by atoms with van der Waals surface area (Å²) in [5.41, 5.74) is 1.99. The van der Waals surface area contributed by atoms with Gasteiger partial charge in [-0.05, 0) is 23.8 Å². The highest BCUT2D eigenvalue weighted by Gasteiger charge is 2.14. The molecule has 0 unspecified atom stereocenters. The van der Waals surface area contributed by atoms with Crippen LogP contribution in [-0.2, 0) is 6.61 Å². The average Bonchev–Trinajstić information content (AvgIpc) is 2.62. The van der Waals surface area contributed by atoms with E-state index in [-0.39, 0.29) is 5.91 Å². The number of hydrogen-bond acceptors (Lipinski definition) is 4. The van der Waals surface area contributed by atoms with Crippen molar-refractivity contribution >= 4 is 27.5 Å². The van der Waals surface area contributed by atoms with Crippen LogP contribution < -0.4 is 10.1 Å². The zero-order valence-corrected chi connectivity index (χ0v) is 14.2. The van der Waals surface area contributed by atoms with Gasteiger partial charge in [-0.1, -0.05) is 46.3 Å². The molecule has 0 saturated carbocycles. The second-order valence-corrected chi connectivity index (χ2v) is 5.91. The molecule has 0 atom stereocenters. The topological polar surface area (TPSA) is 64.1 Å². The van der Waals surface area contributed by atoms with E-state index in [2.05, 4.69) is 31.2 Å². The average molecular weight is 384 g/mol. The van der Waals surface area contributed by atoms with Gasteiger partial charge in [-0.25, -0.2) is 9.97 Å². The SMILES string of the molecule is O=C(Nc1cncnc1)c1cc(Br)ccc1OCc1ccccc1. The lowest BCUT2D eigenvalue weighted by Crippen LogP contribution is -2.14. The first kappa shape index (κ1) is 16.1. The third kappa shape index (κ3) is 4.17. The van der Waals surface area contributed by atoms with E-state index < -0.39 is 0 Å². The molecule has 0 aliphatic rings. The Morgan fingerprint density at radius 1 is 1.08 bits per heavy atom. The van der Waals surface area contributed by atoms with Crippen molar-refractivity contribution in [2.75, 3.05) is 5.32 Å². The van der Waals surface area contributed by atoms with Crippen LogP contribution in [0, 0.1) is 0 Å². The largest absolute Gasteiger partial charge is 0.488 e. The molecular formula is C18H14BrN3O2. The van der Waals surface area contributed by atoms with Crippen molar-refractivity contribution in [3.05, 3.63) is 82.9 Å². The lowest BCUT2D eigenvalue weighted by molar-refractivity contribution is 0.102. The fourth-order valence-corrected chi connectivity index (χ4v) is 2.46. The van der Waals surface area contributed by atoms with Crippen LogP contribution in [0.15, 0.2) is 71.7 Å². The maximum atomic E-state index is 12.5. The minimum absolute atomic E-state index is 0.283. The summed E-state index contributed by atoms with van der Waals surface area (Å²) in [6.45, 7) is 0.386. The van der Waals surface area contributed by atoms with Crippen LogP contribution in [-0.4, -0.2) is 15.9 Å². The summed E-state index contributed by atoms with van der Waals surface area (Å²) in [6, 6.07) is 15.1. The monoisotopic (exact) mass is 383 g/mol. The summed E-state index contributed by atoms with van der Waals surface area (Å²) in [7, 11) is 0. The van der Waals surface area contributed by atoms with Gasteiger partial charge in [0, 0.05) is 4.47 Å². The predicted octanol–water partition coefficient (Wildman–Crippen LogP) is 4.07. The van der Waals surface area contributed by atoms with Crippen LogP contribution in [0.5, 0.6) is 5.75 Å². The van der Waals surface area contributed by atoms with Gasteiger partial charge >= 0.3 is 0 Å². The van der Waals surface area contributed by atoms with Gasteiger partial charge in [0.2, 0.25) is 0 Å². The molecule has 6 heteroatoms. The van der Waals surface area contributed by atoms with Crippen molar-refractivity contribution in [1.29, 1.82) is 0 Å². The molecule has 0 saturated heterocycles. The van der Waals surface area contributed by atoms with Gasteiger partial charge in [0.25, 0.3) is 5.91 Å². The van der Waals surface area contributed by atoms with Crippen LogP contribution in [0.2, 0.25) is 0 Å². The Morgan fingerprint density at radius 2 is 1.83 bits per heavy atom. The Kier molecular flexibility index (Phi) is 5.18. The lowest BCUT2D eigenvalue weighted by Gasteiger charge is -2.12. The van der Waals surface area contributed by atoms with E-state index in [1.54, 1.807) is 12.1 Å². The fraction of sp³-hybridized carbons (Fsp3) is 0.0556. The highest BCUT2D eigenvalue weighted by Crippen LogP contribution is 2.25. The molecule has 2 aromatic carbocycles.